The third-order valence-electron chi connectivity index (χ3n) is 2.28. The summed E-state index contributed by atoms with van der Waals surface area (Å²) in [4.78, 5) is 32.7. The molecule has 0 fully saturated rings. The lowest BCUT2D eigenvalue weighted by atomic mass is 10.2. The fourth-order valence-electron chi connectivity index (χ4n) is 1.52. The van der Waals surface area contributed by atoms with E-state index in [9.17, 15) is 14.5 Å². The van der Waals surface area contributed by atoms with Gasteiger partial charge in [0.05, 0.1) is 5.29 Å². The molecule has 0 amide bonds. The first-order valence-corrected chi connectivity index (χ1v) is 4.97. The van der Waals surface area contributed by atoms with Crippen molar-refractivity contribution in [2.24, 2.45) is 5.29 Å². The molecule has 1 heterocycles. The molecule has 18 heavy (non-hydrogen) atoms. The second-order valence-corrected chi connectivity index (χ2v) is 3.49. The Hall–Kier alpha value is -2.70. The number of nitrogens with zero attached hydrogens (tertiary/aromatic N) is 2. The normalized spacial score (nSPS) is 10.2. The second kappa shape index (κ2) is 4.66. The number of benzene rings is 1. The van der Waals surface area contributed by atoms with Crippen molar-refractivity contribution in [3.8, 4) is 0 Å². The molecule has 0 bridgehead atoms. The molecular formula is C11H8N2O5. The zero-order valence-corrected chi connectivity index (χ0v) is 9.07. The number of rotatable bonds is 4. The number of carboxylic acids is 1. The maximum atomic E-state index is 11.6. The minimum Gasteiger partial charge on any atom is -0.480 e. The first-order chi connectivity index (χ1) is 8.61. The predicted octanol–water partition coefficient (Wildman–Crippen LogP) is 1.37. The van der Waals surface area contributed by atoms with Crippen molar-refractivity contribution >= 4 is 22.6 Å². The quantitative estimate of drug-likeness (QED) is 0.498. The monoisotopic (exact) mass is 248 g/mol. The third-order valence-corrected chi connectivity index (χ3v) is 2.28. The number of hydrogen-bond acceptors (Lipinski definition) is 5. The fourth-order valence-corrected chi connectivity index (χ4v) is 1.52. The van der Waals surface area contributed by atoms with E-state index in [-0.39, 0.29) is 5.69 Å². The van der Waals surface area contributed by atoms with E-state index in [0.717, 1.165) is 0 Å². The van der Waals surface area contributed by atoms with Gasteiger partial charge < -0.3 is 9.52 Å². The second-order valence-electron chi connectivity index (χ2n) is 3.49. The van der Waals surface area contributed by atoms with Crippen LogP contribution >= 0.6 is 0 Å². The van der Waals surface area contributed by atoms with Gasteiger partial charge in [-0.3, -0.25) is 4.79 Å². The Morgan fingerprint density at radius 1 is 1.39 bits per heavy atom. The number of carbonyl (C=O) groups is 1. The van der Waals surface area contributed by atoms with Crippen molar-refractivity contribution < 1.29 is 14.3 Å². The van der Waals surface area contributed by atoms with Gasteiger partial charge in [0.1, 0.15) is 17.8 Å². The van der Waals surface area contributed by atoms with Crippen LogP contribution in [-0.2, 0) is 4.79 Å². The molecule has 0 aliphatic carbocycles. The van der Waals surface area contributed by atoms with E-state index >= 15 is 0 Å². The maximum Gasteiger partial charge on any atom is 0.362 e. The molecule has 1 aromatic carbocycles. The van der Waals surface area contributed by atoms with Gasteiger partial charge >= 0.3 is 11.6 Å². The molecule has 7 nitrogen and oxygen atoms in total. The van der Waals surface area contributed by atoms with E-state index in [1.807, 2.05) is 0 Å². The van der Waals surface area contributed by atoms with Crippen LogP contribution < -0.4 is 10.6 Å². The Morgan fingerprint density at radius 3 is 2.78 bits per heavy atom. The number of aliphatic carboxylic acids is 1. The Morgan fingerprint density at radius 2 is 2.11 bits per heavy atom. The fraction of sp³-hybridized carbons (Fsp3) is 0.0909. The van der Waals surface area contributed by atoms with Gasteiger partial charge in [-0.05, 0) is 12.1 Å². The van der Waals surface area contributed by atoms with Gasteiger partial charge in [0.15, 0.2) is 0 Å². The SMILES string of the molecule is O=NN(CC(=O)O)c1cc2ccccc2oc1=O. The van der Waals surface area contributed by atoms with Crippen LogP contribution in [-0.4, -0.2) is 17.6 Å². The molecule has 0 unspecified atom stereocenters. The first-order valence-electron chi connectivity index (χ1n) is 4.97. The molecule has 1 aromatic heterocycles. The van der Waals surface area contributed by atoms with E-state index in [0.29, 0.717) is 16.0 Å². The molecule has 0 radical (unpaired) electrons. The Bertz CT molecular complexity index is 664. The van der Waals surface area contributed by atoms with Gasteiger partial charge in [0.25, 0.3) is 0 Å². The Balaban J connectivity index is 2.55. The first kappa shape index (κ1) is 11.8. The maximum absolute atomic E-state index is 11.6. The standard InChI is InChI=1S/C11H8N2O5/c14-10(15)6-13(12-17)8-5-7-3-1-2-4-9(7)18-11(8)16/h1-5H,6H2,(H,14,15). The summed E-state index contributed by atoms with van der Waals surface area (Å²) in [5.41, 5.74) is -0.659. The molecule has 0 aliphatic rings. The minimum absolute atomic E-state index is 0.203. The lowest BCUT2D eigenvalue weighted by molar-refractivity contribution is -0.135. The molecule has 0 spiro atoms. The van der Waals surface area contributed by atoms with Gasteiger partial charge in [-0.25, -0.2) is 9.80 Å². The van der Waals surface area contributed by atoms with Gasteiger partial charge in [0.2, 0.25) is 0 Å². The number of fused-ring (bicyclic) bond motifs is 1. The molecule has 0 atom stereocenters. The van der Waals surface area contributed by atoms with Crippen LogP contribution in [0.4, 0.5) is 5.69 Å². The summed E-state index contributed by atoms with van der Waals surface area (Å²) in [6, 6.07) is 8.05. The van der Waals surface area contributed by atoms with Crippen LogP contribution in [0.5, 0.6) is 0 Å². The van der Waals surface area contributed by atoms with Crippen molar-refractivity contribution in [2.75, 3.05) is 11.6 Å². The zero-order chi connectivity index (χ0) is 13.1. The largest absolute Gasteiger partial charge is 0.480 e. The summed E-state index contributed by atoms with van der Waals surface area (Å²) in [7, 11) is 0. The molecule has 2 rings (SSSR count). The minimum atomic E-state index is -1.28. The van der Waals surface area contributed by atoms with E-state index in [1.54, 1.807) is 24.3 Å². The number of anilines is 1. The predicted molar refractivity (Wildman–Crippen MR) is 63.3 cm³/mol. The highest BCUT2D eigenvalue weighted by Gasteiger charge is 2.16. The summed E-state index contributed by atoms with van der Waals surface area (Å²) in [5.74, 6) is -1.28. The molecule has 0 aliphatic heterocycles. The van der Waals surface area contributed by atoms with Crippen molar-refractivity contribution in [3.63, 3.8) is 0 Å². The number of hydrogen-bond donors (Lipinski definition) is 1. The van der Waals surface area contributed by atoms with E-state index < -0.39 is 18.1 Å². The van der Waals surface area contributed by atoms with Crippen LogP contribution in [0.2, 0.25) is 0 Å². The summed E-state index contributed by atoms with van der Waals surface area (Å²) >= 11 is 0. The molecule has 2 aromatic rings. The Kier molecular flexibility index (Phi) is 3.05. The smallest absolute Gasteiger partial charge is 0.362 e. The lowest BCUT2D eigenvalue weighted by Crippen LogP contribution is -2.27. The van der Waals surface area contributed by atoms with Crippen LogP contribution in [0.3, 0.4) is 0 Å². The van der Waals surface area contributed by atoms with Gasteiger partial charge in [-0.15, -0.1) is 4.91 Å². The molecule has 0 saturated heterocycles. The molecule has 1 N–H and O–H groups in total. The summed E-state index contributed by atoms with van der Waals surface area (Å²) < 4.78 is 4.97. The molecule has 0 saturated carbocycles. The van der Waals surface area contributed by atoms with Crippen molar-refractivity contribution in [3.05, 3.63) is 45.7 Å². The van der Waals surface area contributed by atoms with Crippen molar-refractivity contribution in [1.82, 2.24) is 0 Å². The van der Waals surface area contributed by atoms with Gasteiger partial charge in [-0.1, -0.05) is 18.2 Å². The van der Waals surface area contributed by atoms with Gasteiger partial charge in [-0.2, -0.15) is 0 Å². The molecular weight excluding hydrogens is 240 g/mol. The number of nitroso groups, excluding NO2 is 1. The Labute approximate surface area is 100 Å². The van der Waals surface area contributed by atoms with Crippen LogP contribution in [0.25, 0.3) is 11.0 Å². The average molecular weight is 248 g/mol. The molecule has 92 valence electrons. The van der Waals surface area contributed by atoms with Crippen molar-refractivity contribution in [1.29, 1.82) is 0 Å². The highest BCUT2D eigenvalue weighted by atomic mass is 16.4. The van der Waals surface area contributed by atoms with Gasteiger partial charge in [0, 0.05) is 5.39 Å². The van der Waals surface area contributed by atoms with E-state index in [2.05, 4.69) is 5.29 Å². The highest BCUT2D eigenvalue weighted by Crippen LogP contribution is 2.18. The van der Waals surface area contributed by atoms with E-state index in [4.69, 9.17) is 9.52 Å². The number of carboxylic acid groups (broad SMARTS) is 1. The zero-order valence-electron chi connectivity index (χ0n) is 9.07. The highest BCUT2D eigenvalue weighted by molar-refractivity contribution is 5.81. The van der Waals surface area contributed by atoms with Crippen LogP contribution in [0.1, 0.15) is 0 Å². The average Bonchev–Trinajstić information content (AvgIpc) is 2.35. The lowest BCUT2D eigenvalue weighted by Gasteiger charge is -2.11. The third kappa shape index (κ3) is 2.19. The summed E-state index contributed by atoms with van der Waals surface area (Å²) in [6.07, 6.45) is 0. The number of para-hydroxylation sites is 1. The van der Waals surface area contributed by atoms with E-state index in [1.165, 1.54) is 6.07 Å². The summed E-state index contributed by atoms with van der Waals surface area (Å²) in [6.45, 7) is -0.702. The summed E-state index contributed by atoms with van der Waals surface area (Å²) in [5, 5.41) is 12.2. The van der Waals surface area contributed by atoms with Crippen LogP contribution in [0.15, 0.2) is 44.8 Å². The topological polar surface area (TPSA) is 100 Å². The van der Waals surface area contributed by atoms with Crippen molar-refractivity contribution in [2.45, 2.75) is 0 Å². The van der Waals surface area contributed by atoms with Crippen LogP contribution in [0, 0.1) is 4.91 Å². The molecule has 7 heteroatoms.